The Morgan fingerprint density at radius 1 is 1.43 bits per heavy atom. The Labute approximate surface area is 128 Å². The molecule has 2 rings (SSSR count). The summed E-state index contributed by atoms with van der Waals surface area (Å²) >= 11 is 6.18. The van der Waals surface area contributed by atoms with Crippen LogP contribution in [0.25, 0.3) is 0 Å². The zero-order valence-electron chi connectivity index (χ0n) is 12.1. The van der Waals surface area contributed by atoms with Gasteiger partial charge in [0.05, 0.1) is 37.0 Å². The van der Waals surface area contributed by atoms with Crippen molar-refractivity contribution in [2.45, 2.75) is 33.0 Å². The van der Waals surface area contributed by atoms with Crippen molar-refractivity contribution in [3.63, 3.8) is 0 Å². The van der Waals surface area contributed by atoms with Gasteiger partial charge in [-0.3, -0.25) is 0 Å². The summed E-state index contributed by atoms with van der Waals surface area (Å²) in [6, 6.07) is 5.56. The van der Waals surface area contributed by atoms with E-state index >= 15 is 0 Å². The number of halogens is 1. The maximum atomic E-state index is 8.82. The molecule has 0 aliphatic carbocycles. The van der Waals surface area contributed by atoms with Crippen molar-refractivity contribution in [3.05, 3.63) is 35.1 Å². The minimum absolute atomic E-state index is 0.0448. The van der Waals surface area contributed by atoms with Gasteiger partial charge in [-0.1, -0.05) is 16.8 Å². The van der Waals surface area contributed by atoms with Gasteiger partial charge in [-0.25, -0.2) is 4.68 Å². The quantitative estimate of drug-likeness (QED) is 0.821. The highest BCUT2D eigenvalue weighted by atomic mass is 35.5. The third kappa shape index (κ3) is 4.61. The van der Waals surface area contributed by atoms with E-state index in [4.69, 9.17) is 21.4 Å². The molecule has 0 aliphatic heterocycles. The van der Waals surface area contributed by atoms with Gasteiger partial charge in [0.2, 0.25) is 0 Å². The van der Waals surface area contributed by atoms with E-state index in [1.54, 1.807) is 10.9 Å². The van der Waals surface area contributed by atoms with E-state index < -0.39 is 0 Å². The molecule has 0 atom stereocenters. The first-order chi connectivity index (χ1) is 10.1. The molecule has 0 unspecified atom stereocenters. The van der Waals surface area contributed by atoms with Crippen molar-refractivity contribution in [3.8, 4) is 5.75 Å². The maximum Gasteiger partial charge on any atom is 0.138 e. The summed E-state index contributed by atoms with van der Waals surface area (Å²) in [5.74, 6) is 0.672. The van der Waals surface area contributed by atoms with E-state index in [-0.39, 0.29) is 12.7 Å². The standard InChI is InChI=1S/C14H19ClN4O2/c1-10(2)21-14-4-3-11(7-13(14)15)16-8-12-9-19(5-6-20)18-17-12/h3-4,7,9-10,16,20H,5-6,8H2,1-2H3. The second-order valence-corrected chi connectivity index (χ2v) is 5.27. The van der Waals surface area contributed by atoms with E-state index in [0.29, 0.717) is 23.9 Å². The summed E-state index contributed by atoms with van der Waals surface area (Å²) in [5.41, 5.74) is 1.68. The minimum Gasteiger partial charge on any atom is -0.489 e. The number of benzene rings is 1. The number of aliphatic hydroxyl groups is 1. The fourth-order valence-electron chi connectivity index (χ4n) is 1.78. The topological polar surface area (TPSA) is 72.2 Å². The van der Waals surface area contributed by atoms with E-state index in [0.717, 1.165) is 11.4 Å². The molecule has 114 valence electrons. The average Bonchev–Trinajstić information content (AvgIpc) is 2.87. The van der Waals surface area contributed by atoms with E-state index in [1.165, 1.54) is 0 Å². The van der Waals surface area contributed by atoms with Crippen LogP contribution >= 0.6 is 11.6 Å². The second kappa shape index (κ2) is 7.28. The van der Waals surface area contributed by atoms with Crippen LogP contribution in [-0.4, -0.2) is 32.8 Å². The second-order valence-electron chi connectivity index (χ2n) is 4.86. The Kier molecular flexibility index (Phi) is 5.41. The lowest BCUT2D eigenvalue weighted by Crippen LogP contribution is -2.06. The van der Waals surface area contributed by atoms with Crippen LogP contribution < -0.4 is 10.1 Å². The lowest BCUT2D eigenvalue weighted by molar-refractivity contribution is 0.242. The lowest BCUT2D eigenvalue weighted by Gasteiger charge is -2.12. The number of ether oxygens (including phenoxy) is 1. The van der Waals surface area contributed by atoms with Gasteiger partial charge >= 0.3 is 0 Å². The molecule has 1 heterocycles. The van der Waals surface area contributed by atoms with Gasteiger partial charge in [0.15, 0.2) is 0 Å². The van der Waals surface area contributed by atoms with Crippen molar-refractivity contribution in [2.24, 2.45) is 0 Å². The molecular formula is C14H19ClN4O2. The van der Waals surface area contributed by atoms with Gasteiger partial charge in [0, 0.05) is 5.69 Å². The Hall–Kier alpha value is -1.79. The highest BCUT2D eigenvalue weighted by Crippen LogP contribution is 2.28. The van der Waals surface area contributed by atoms with Gasteiger partial charge in [0.25, 0.3) is 0 Å². The maximum absolute atomic E-state index is 8.82. The first-order valence-electron chi connectivity index (χ1n) is 6.78. The summed E-state index contributed by atoms with van der Waals surface area (Å²) in [5, 5.41) is 20.5. The molecule has 0 spiro atoms. The summed E-state index contributed by atoms with van der Waals surface area (Å²) in [6.07, 6.45) is 1.88. The van der Waals surface area contributed by atoms with Crippen molar-refractivity contribution in [1.29, 1.82) is 0 Å². The molecule has 1 aromatic carbocycles. The molecule has 2 N–H and O–H groups in total. The third-order valence-electron chi connectivity index (χ3n) is 2.68. The van der Waals surface area contributed by atoms with Crippen LogP contribution in [0.1, 0.15) is 19.5 Å². The molecule has 2 aromatic rings. The van der Waals surface area contributed by atoms with E-state index in [1.807, 2.05) is 32.0 Å². The largest absolute Gasteiger partial charge is 0.489 e. The minimum atomic E-state index is 0.0448. The SMILES string of the molecule is CC(C)Oc1ccc(NCc2cn(CCO)nn2)cc1Cl. The lowest BCUT2D eigenvalue weighted by atomic mass is 10.3. The van der Waals surface area contributed by atoms with Crippen molar-refractivity contribution >= 4 is 17.3 Å². The molecule has 21 heavy (non-hydrogen) atoms. The predicted octanol–water partition coefficient (Wildman–Crippen LogP) is 2.32. The first-order valence-corrected chi connectivity index (χ1v) is 7.16. The Morgan fingerprint density at radius 2 is 2.24 bits per heavy atom. The van der Waals surface area contributed by atoms with Crippen LogP contribution in [0.15, 0.2) is 24.4 Å². The van der Waals surface area contributed by atoms with Gasteiger partial charge in [-0.2, -0.15) is 0 Å². The fraction of sp³-hybridized carbons (Fsp3) is 0.429. The number of rotatable bonds is 7. The summed E-state index contributed by atoms with van der Waals surface area (Å²) in [6.45, 7) is 4.94. The summed E-state index contributed by atoms with van der Waals surface area (Å²) in [7, 11) is 0. The molecular weight excluding hydrogens is 292 g/mol. The Balaban J connectivity index is 1.94. The van der Waals surface area contributed by atoms with Crippen LogP contribution in [0.5, 0.6) is 5.75 Å². The number of anilines is 1. The Bertz CT molecular complexity index is 586. The highest BCUT2D eigenvalue weighted by Gasteiger charge is 2.06. The van der Waals surface area contributed by atoms with Gasteiger partial charge in [-0.05, 0) is 32.0 Å². The number of aliphatic hydroxyl groups excluding tert-OH is 1. The predicted molar refractivity (Wildman–Crippen MR) is 81.7 cm³/mol. The summed E-state index contributed by atoms with van der Waals surface area (Å²) < 4.78 is 7.18. The number of hydrogen-bond donors (Lipinski definition) is 2. The van der Waals surface area contributed by atoms with Crippen molar-refractivity contribution in [1.82, 2.24) is 15.0 Å². The van der Waals surface area contributed by atoms with E-state index in [9.17, 15) is 0 Å². The molecule has 1 aromatic heterocycles. The zero-order chi connectivity index (χ0) is 15.2. The van der Waals surface area contributed by atoms with Gasteiger partial charge in [0.1, 0.15) is 11.4 Å². The molecule has 0 bridgehead atoms. The van der Waals surface area contributed by atoms with Crippen LogP contribution in [0.2, 0.25) is 5.02 Å². The van der Waals surface area contributed by atoms with Crippen molar-refractivity contribution < 1.29 is 9.84 Å². The fourth-order valence-corrected chi connectivity index (χ4v) is 2.01. The normalized spacial score (nSPS) is 10.9. The molecule has 0 aliphatic rings. The molecule has 0 saturated heterocycles. The molecule has 0 amide bonds. The monoisotopic (exact) mass is 310 g/mol. The Morgan fingerprint density at radius 3 is 2.90 bits per heavy atom. The van der Waals surface area contributed by atoms with Crippen LogP contribution in [0.3, 0.4) is 0 Å². The van der Waals surface area contributed by atoms with Crippen molar-refractivity contribution in [2.75, 3.05) is 11.9 Å². The number of nitrogens with zero attached hydrogens (tertiary/aromatic N) is 3. The molecule has 6 nitrogen and oxygen atoms in total. The van der Waals surface area contributed by atoms with E-state index in [2.05, 4.69) is 15.6 Å². The van der Waals surface area contributed by atoms with Crippen LogP contribution in [-0.2, 0) is 13.1 Å². The average molecular weight is 311 g/mol. The third-order valence-corrected chi connectivity index (χ3v) is 2.98. The number of aromatic nitrogens is 3. The van der Waals surface area contributed by atoms with Crippen LogP contribution in [0.4, 0.5) is 5.69 Å². The first kappa shape index (κ1) is 15.6. The molecule has 0 radical (unpaired) electrons. The number of hydrogen-bond acceptors (Lipinski definition) is 5. The zero-order valence-corrected chi connectivity index (χ0v) is 12.8. The molecule has 0 fully saturated rings. The van der Waals surface area contributed by atoms with Crippen LogP contribution in [0, 0.1) is 0 Å². The smallest absolute Gasteiger partial charge is 0.138 e. The number of nitrogens with one attached hydrogen (secondary N) is 1. The molecule has 0 saturated carbocycles. The van der Waals surface area contributed by atoms with Gasteiger partial charge < -0.3 is 15.2 Å². The van der Waals surface area contributed by atoms with Gasteiger partial charge in [-0.15, -0.1) is 5.10 Å². The molecule has 7 heteroatoms. The summed E-state index contributed by atoms with van der Waals surface area (Å²) in [4.78, 5) is 0. The highest BCUT2D eigenvalue weighted by molar-refractivity contribution is 6.32.